The first-order valence-electron chi connectivity index (χ1n) is 9.42. The number of ether oxygens (including phenoxy) is 1. The number of phosphoric ester groups is 1. The molecule has 2 aromatic rings. The Labute approximate surface area is 173 Å². The van der Waals surface area contributed by atoms with Gasteiger partial charge in [0.2, 0.25) is 0 Å². The normalized spacial score (nSPS) is 25.1. The number of hydrogen-bond donors (Lipinski definition) is 5. The van der Waals surface area contributed by atoms with Crippen molar-refractivity contribution in [1.29, 1.82) is 0 Å². The van der Waals surface area contributed by atoms with Gasteiger partial charge >= 0.3 is 7.82 Å². The Balaban J connectivity index is 1.81. The lowest BCUT2D eigenvalue weighted by Gasteiger charge is -2.17. The zero-order valence-electron chi connectivity index (χ0n) is 16.0. The number of phosphoric acid groups is 1. The van der Waals surface area contributed by atoms with Crippen molar-refractivity contribution in [2.45, 2.75) is 62.7 Å². The lowest BCUT2D eigenvalue weighted by Crippen LogP contribution is -2.30. The van der Waals surface area contributed by atoms with Crippen LogP contribution in [0.25, 0.3) is 11.2 Å². The molecular formula is C16H26N5O6PS. The lowest BCUT2D eigenvalue weighted by atomic mass is 10.1. The molecule has 0 amide bonds. The number of hydrogen-bond acceptors (Lipinski definition) is 9. The van der Waals surface area contributed by atoms with Gasteiger partial charge in [0.05, 0.1) is 24.3 Å². The fourth-order valence-electron chi connectivity index (χ4n) is 3.26. The molecule has 1 aliphatic rings. The third-order valence-corrected chi connectivity index (χ3v) is 5.81. The van der Waals surface area contributed by atoms with Crippen LogP contribution in [0.15, 0.2) is 6.33 Å². The summed E-state index contributed by atoms with van der Waals surface area (Å²) in [6.07, 6.45) is 3.60. The molecule has 0 spiro atoms. The van der Waals surface area contributed by atoms with Crippen molar-refractivity contribution in [3.63, 3.8) is 0 Å². The number of rotatable bonds is 9. The first-order valence-corrected chi connectivity index (χ1v) is 11.5. The van der Waals surface area contributed by atoms with Crippen LogP contribution in [0.1, 0.15) is 44.7 Å². The first-order chi connectivity index (χ1) is 13.7. The highest BCUT2D eigenvalue weighted by Gasteiger charge is 2.44. The van der Waals surface area contributed by atoms with Crippen molar-refractivity contribution < 1.29 is 28.7 Å². The molecule has 0 aliphatic carbocycles. The van der Waals surface area contributed by atoms with E-state index in [0.29, 0.717) is 23.4 Å². The third-order valence-electron chi connectivity index (χ3n) is 4.77. The number of nitrogen functional groups attached to an aromatic ring is 1. The van der Waals surface area contributed by atoms with Crippen LogP contribution >= 0.6 is 20.5 Å². The SMILES string of the molecule is CCCCCCc1nc(N)c2ncn([C@@H]3O[C@H](COP(=O)(O)O)[C@@H](O)[C@H]3S)c2n1. The first kappa shape index (κ1) is 22.4. The molecule has 13 heteroatoms. The van der Waals surface area contributed by atoms with Crippen LogP contribution in [0.3, 0.4) is 0 Å². The summed E-state index contributed by atoms with van der Waals surface area (Å²) in [6.45, 7) is 1.66. The van der Waals surface area contributed by atoms with Crippen LogP contribution in [0.4, 0.5) is 5.82 Å². The number of aryl methyl sites for hydroxylation is 1. The molecule has 0 unspecified atom stereocenters. The van der Waals surface area contributed by atoms with Crippen molar-refractivity contribution in [3.8, 4) is 0 Å². The third kappa shape index (κ3) is 5.26. The van der Waals surface area contributed by atoms with Gasteiger partial charge in [-0.1, -0.05) is 26.2 Å². The number of thiol groups is 1. The number of aliphatic hydroxyl groups excluding tert-OH is 1. The predicted octanol–water partition coefficient (Wildman–Crippen LogP) is 1.20. The number of nitrogens with two attached hydrogens (primary N) is 1. The second kappa shape index (κ2) is 9.25. The fraction of sp³-hybridized carbons (Fsp3) is 0.688. The zero-order valence-corrected chi connectivity index (χ0v) is 17.7. The second-order valence-electron chi connectivity index (χ2n) is 6.99. The van der Waals surface area contributed by atoms with E-state index in [0.717, 1.165) is 25.7 Å². The topological polar surface area (TPSA) is 166 Å². The van der Waals surface area contributed by atoms with Crippen molar-refractivity contribution in [2.75, 3.05) is 12.3 Å². The highest BCUT2D eigenvalue weighted by Crippen LogP contribution is 2.40. The zero-order chi connectivity index (χ0) is 21.2. The standard InChI is InChI=1S/C16H26N5O6PS/c1-2-3-4-5-6-10-19-14(17)11-15(20-10)21(8-18-11)16-13(29)12(22)9(27-16)7-26-28(23,24)25/h8-9,12-13,16,22,29H,2-7H2,1H3,(H2,17,19,20)(H2,23,24,25)/t9-,12-,13-,16-/m1/s1. The smallest absolute Gasteiger partial charge is 0.389 e. The number of aliphatic hydroxyl groups is 1. The molecule has 0 aromatic carbocycles. The van der Waals surface area contributed by atoms with E-state index in [9.17, 15) is 9.67 Å². The monoisotopic (exact) mass is 447 g/mol. The summed E-state index contributed by atoms with van der Waals surface area (Å²) in [4.78, 5) is 30.9. The van der Waals surface area contributed by atoms with E-state index in [1.165, 1.54) is 6.33 Å². The van der Waals surface area contributed by atoms with Crippen molar-refractivity contribution in [1.82, 2.24) is 19.5 Å². The summed E-state index contributed by atoms with van der Waals surface area (Å²) >= 11 is 4.40. The number of aromatic nitrogens is 4. The Kier molecular flexibility index (Phi) is 7.15. The molecule has 4 atom stereocenters. The van der Waals surface area contributed by atoms with Gasteiger partial charge in [-0.05, 0) is 6.42 Å². The molecule has 0 saturated carbocycles. The van der Waals surface area contributed by atoms with E-state index < -0.39 is 38.1 Å². The number of nitrogens with zero attached hydrogens (tertiary/aromatic N) is 4. The van der Waals surface area contributed by atoms with E-state index in [1.54, 1.807) is 4.57 Å². The van der Waals surface area contributed by atoms with Gasteiger partial charge in [0, 0.05) is 6.42 Å². The molecule has 11 nitrogen and oxygen atoms in total. The summed E-state index contributed by atoms with van der Waals surface area (Å²) in [6, 6.07) is 0. The largest absolute Gasteiger partial charge is 0.469 e. The average Bonchev–Trinajstić information content (AvgIpc) is 3.19. The molecule has 5 N–H and O–H groups in total. The Bertz CT molecular complexity index is 892. The molecule has 3 heterocycles. The summed E-state index contributed by atoms with van der Waals surface area (Å²) in [7, 11) is -4.68. The Morgan fingerprint density at radius 2 is 2.10 bits per heavy atom. The summed E-state index contributed by atoms with van der Waals surface area (Å²) in [5.74, 6) is 0.860. The fourth-order valence-corrected chi connectivity index (χ4v) is 4.01. The van der Waals surface area contributed by atoms with E-state index in [1.807, 2.05) is 0 Å². The van der Waals surface area contributed by atoms with E-state index >= 15 is 0 Å². The van der Waals surface area contributed by atoms with Gasteiger partial charge in [0.1, 0.15) is 17.4 Å². The molecule has 162 valence electrons. The summed E-state index contributed by atoms with van der Waals surface area (Å²) in [5, 5.41) is 9.65. The summed E-state index contributed by atoms with van der Waals surface area (Å²) < 4.78 is 22.8. The van der Waals surface area contributed by atoms with E-state index in [-0.39, 0.29) is 5.82 Å². The molecule has 3 rings (SSSR count). The Morgan fingerprint density at radius 1 is 1.34 bits per heavy atom. The molecule has 0 bridgehead atoms. The van der Waals surface area contributed by atoms with Gasteiger partial charge < -0.3 is 25.4 Å². The quantitative estimate of drug-likeness (QED) is 0.214. The Hall–Kier alpha value is -1.27. The van der Waals surface area contributed by atoms with Gasteiger partial charge in [0.15, 0.2) is 17.7 Å². The number of fused-ring (bicyclic) bond motifs is 1. The minimum Gasteiger partial charge on any atom is -0.389 e. The highest BCUT2D eigenvalue weighted by molar-refractivity contribution is 7.81. The van der Waals surface area contributed by atoms with Crippen LogP contribution < -0.4 is 5.73 Å². The van der Waals surface area contributed by atoms with Gasteiger partial charge in [-0.15, -0.1) is 0 Å². The van der Waals surface area contributed by atoms with Crippen molar-refractivity contribution in [2.24, 2.45) is 0 Å². The summed E-state index contributed by atoms with van der Waals surface area (Å²) in [5.41, 5.74) is 6.91. The van der Waals surface area contributed by atoms with Crippen LogP contribution in [-0.4, -0.2) is 58.5 Å². The second-order valence-corrected chi connectivity index (χ2v) is 8.83. The molecule has 2 aromatic heterocycles. The molecule has 1 aliphatic heterocycles. The molecule has 29 heavy (non-hydrogen) atoms. The Morgan fingerprint density at radius 3 is 2.79 bits per heavy atom. The highest BCUT2D eigenvalue weighted by atomic mass is 32.1. The maximum atomic E-state index is 10.9. The van der Waals surface area contributed by atoms with Crippen LogP contribution in [0.2, 0.25) is 0 Å². The maximum Gasteiger partial charge on any atom is 0.469 e. The van der Waals surface area contributed by atoms with E-state index in [4.69, 9.17) is 20.3 Å². The van der Waals surface area contributed by atoms with Gasteiger partial charge in [-0.2, -0.15) is 12.6 Å². The minimum absolute atomic E-state index is 0.259. The lowest BCUT2D eigenvalue weighted by molar-refractivity contribution is -0.0422. The molecule has 1 fully saturated rings. The number of anilines is 1. The van der Waals surface area contributed by atoms with Gasteiger partial charge in [-0.3, -0.25) is 9.09 Å². The molecule has 1 saturated heterocycles. The van der Waals surface area contributed by atoms with Gasteiger partial charge in [-0.25, -0.2) is 19.5 Å². The van der Waals surface area contributed by atoms with Crippen LogP contribution in [-0.2, 0) is 20.2 Å². The van der Waals surface area contributed by atoms with Crippen molar-refractivity contribution >= 4 is 37.4 Å². The average molecular weight is 447 g/mol. The number of unbranched alkanes of at least 4 members (excludes halogenated alkanes) is 3. The van der Waals surface area contributed by atoms with Gasteiger partial charge in [0.25, 0.3) is 0 Å². The van der Waals surface area contributed by atoms with Crippen LogP contribution in [0, 0.1) is 0 Å². The maximum absolute atomic E-state index is 10.9. The number of imidazole rings is 1. The molecular weight excluding hydrogens is 421 g/mol. The van der Waals surface area contributed by atoms with Crippen molar-refractivity contribution in [3.05, 3.63) is 12.2 Å². The van der Waals surface area contributed by atoms with Crippen LogP contribution in [0.5, 0.6) is 0 Å². The molecule has 0 radical (unpaired) electrons. The predicted molar refractivity (Wildman–Crippen MR) is 108 cm³/mol. The van der Waals surface area contributed by atoms with E-state index in [2.05, 4.69) is 39.0 Å². The minimum atomic E-state index is -4.68.